The van der Waals surface area contributed by atoms with Crippen molar-refractivity contribution in [1.29, 1.82) is 0 Å². The van der Waals surface area contributed by atoms with Crippen molar-refractivity contribution < 1.29 is 89.0 Å². The van der Waals surface area contributed by atoms with Gasteiger partial charge in [-0.2, -0.15) is 0 Å². The molecule has 11 N–H and O–H groups in total. The normalized spacial score (nSPS) is 38.2. The van der Waals surface area contributed by atoms with Gasteiger partial charge in [0.05, 0.1) is 18.8 Å². The summed E-state index contributed by atoms with van der Waals surface area (Å²) in [5.41, 5.74) is -1.20. The number of hydrogen-bond acceptors (Lipinski definition) is 19. The molecule has 6 rings (SSSR count). The van der Waals surface area contributed by atoms with Crippen LogP contribution >= 0.6 is 0 Å². The molecule has 0 amide bonds. The van der Waals surface area contributed by atoms with Crippen LogP contribution in [-0.2, 0) is 18.9 Å². The predicted octanol–water partition coefficient (Wildman–Crippen LogP) is -2.89. The number of hydrogen-bond donors (Lipinski definition) is 11. The monoisotopic (exact) mass is 740 g/mol. The third kappa shape index (κ3) is 7.03. The van der Waals surface area contributed by atoms with Gasteiger partial charge in [-0.1, -0.05) is 0 Å². The molecule has 19 heteroatoms. The standard InChI is InChI=1S/C33H40O19/c1-10-19(37)23(41)26(44)31(46-10)48-14-7-15(36)18-16(8-14)49-28(12-3-5-13(35)6-4-12)29(22(18)40)51-33-30(25(43)21(39)17(9-34)50-33)52-32-27(45)24(42)20(38)11(2)47-32/h3-8,10-11,17,19-21,23-27,30-39,41-45H,9H2,1-2H3/t10-,11-,17+,19+,20-,21+,23-,24+,25-,26+,27+,30+,31-,32-,33-/m0/s1. The Morgan fingerprint density at radius 1 is 0.673 bits per heavy atom. The number of benzene rings is 2. The first-order valence-electron chi connectivity index (χ1n) is 16.2. The van der Waals surface area contributed by atoms with E-state index < -0.39 is 121 Å². The SMILES string of the molecule is C[C@@H]1O[C@@H](O[C@H]2[C@H](Oc3c(-c4ccc(O)cc4)oc4cc(O[C@@H]5O[C@@H](C)[C@@H](O)[C@H](O)[C@H]5O)cc(O)c4c3=O)O[C@H](CO)[C@@H](O)[C@@H]2O)[C@H](O)[C@H](O)[C@H]1O. The summed E-state index contributed by atoms with van der Waals surface area (Å²) >= 11 is 0. The number of ether oxygens (including phenoxy) is 6. The summed E-state index contributed by atoms with van der Waals surface area (Å²) in [6.45, 7) is 1.97. The van der Waals surface area contributed by atoms with Crippen LogP contribution in [0, 0.1) is 0 Å². The molecule has 3 aliphatic heterocycles. The van der Waals surface area contributed by atoms with E-state index >= 15 is 0 Å². The van der Waals surface area contributed by atoms with Crippen molar-refractivity contribution in [1.82, 2.24) is 0 Å². The lowest BCUT2D eigenvalue weighted by atomic mass is 9.97. The summed E-state index contributed by atoms with van der Waals surface area (Å²) < 4.78 is 40.1. The third-order valence-corrected chi connectivity index (χ3v) is 9.25. The number of phenolic OH excluding ortho intramolecular Hbond substituents is 2. The van der Waals surface area contributed by atoms with Gasteiger partial charge in [-0.05, 0) is 38.1 Å². The molecule has 3 aliphatic rings. The molecular formula is C33H40O19. The fourth-order valence-electron chi connectivity index (χ4n) is 6.17. The molecule has 0 spiro atoms. The van der Waals surface area contributed by atoms with Crippen LogP contribution in [0.3, 0.4) is 0 Å². The van der Waals surface area contributed by atoms with E-state index in [2.05, 4.69) is 0 Å². The van der Waals surface area contributed by atoms with Crippen LogP contribution in [0.2, 0.25) is 0 Å². The summed E-state index contributed by atoms with van der Waals surface area (Å²) in [5.74, 6) is -2.07. The Kier molecular flexibility index (Phi) is 11.0. The van der Waals surface area contributed by atoms with Crippen LogP contribution in [0.1, 0.15) is 13.8 Å². The second kappa shape index (κ2) is 15.0. The molecule has 0 unspecified atom stereocenters. The first-order valence-corrected chi connectivity index (χ1v) is 16.2. The number of aliphatic hydroxyl groups is 9. The van der Waals surface area contributed by atoms with Gasteiger partial charge in [0, 0.05) is 17.7 Å². The van der Waals surface area contributed by atoms with E-state index in [1.54, 1.807) is 0 Å². The van der Waals surface area contributed by atoms with Gasteiger partial charge >= 0.3 is 0 Å². The maximum atomic E-state index is 14.2. The summed E-state index contributed by atoms with van der Waals surface area (Å²) in [4.78, 5) is 14.2. The average Bonchev–Trinajstić information content (AvgIpc) is 3.11. The Morgan fingerprint density at radius 2 is 1.27 bits per heavy atom. The molecule has 3 aromatic rings. The van der Waals surface area contributed by atoms with E-state index in [1.807, 2.05) is 0 Å². The van der Waals surface area contributed by atoms with E-state index in [0.29, 0.717) is 0 Å². The van der Waals surface area contributed by atoms with Gasteiger partial charge in [-0.15, -0.1) is 0 Å². The molecule has 4 heterocycles. The topological polar surface area (TPSA) is 308 Å². The molecule has 3 saturated heterocycles. The maximum Gasteiger partial charge on any atom is 0.239 e. The number of fused-ring (bicyclic) bond motifs is 1. The number of phenols is 2. The summed E-state index contributed by atoms with van der Waals surface area (Å²) in [6.07, 6.45) is -24.1. The molecule has 3 fully saturated rings. The summed E-state index contributed by atoms with van der Waals surface area (Å²) in [7, 11) is 0. The summed E-state index contributed by atoms with van der Waals surface area (Å²) in [6, 6.07) is 7.36. The molecule has 286 valence electrons. The largest absolute Gasteiger partial charge is 0.508 e. The highest BCUT2D eigenvalue weighted by Crippen LogP contribution is 2.39. The van der Waals surface area contributed by atoms with Crippen molar-refractivity contribution in [3.05, 3.63) is 46.6 Å². The zero-order chi connectivity index (χ0) is 37.8. The van der Waals surface area contributed by atoms with Crippen molar-refractivity contribution >= 4 is 11.0 Å². The Hall–Kier alpha value is -3.67. The predicted molar refractivity (Wildman–Crippen MR) is 170 cm³/mol. The van der Waals surface area contributed by atoms with Crippen molar-refractivity contribution in [3.63, 3.8) is 0 Å². The fourth-order valence-corrected chi connectivity index (χ4v) is 6.17. The van der Waals surface area contributed by atoms with Gasteiger partial charge in [0.2, 0.25) is 23.8 Å². The van der Waals surface area contributed by atoms with Gasteiger partial charge < -0.3 is 89.0 Å². The molecule has 0 saturated carbocycles. The highest BCUT2D eigenvalue weighted by Gasteiger charge is 2.51. The van der Waals surface area contributed by atoms with E-state index in [4.69, 9.17) is 32.8 Å². The lowest BCUT2D eigenvalue weighted by Crippen LogP contribution is -2.64. The minimum atomic E-state index is -1.93. The minimum absolute atomic E-state index is 0.124. The van der Waals surface area contributed by atoms with Crippen LogP contribution < -0.4 is 14.9 Å². The Labute approximate surface area is 293 Å². The first-order chi connectivity index (χ1) is 24.6. The molecule has 2 aromatic carbocycles. The maximum absolute atomic E-state index is 14.2. The van der Waals surface area contributed by atoms with Crippen molar-refractivity contribution in [2.45, 2.75) is 106 Å². The Balaban J connectivity index is 1.41. The van der Waals surface area contributed by atoms with Gasteiger partial charge in [-0.25, -0.2) is 0 Å². The highest BCUT2D eigenvalue weighted by atomic mass is 16.8. The van der Waals surface area contributed by atoms with Gasteiger partial charge in [0.25, 0.3) is 0 Å². The fraction of sp³-hybridized carbons (Fsp3) is 0.545. The second-order valence-corrected chi connectivity index (χ2v) is 12.9. The van der Waals surface area contributed by atoms with E-state index in [0.717, 1.165) is 12.1 Å². The average molecular weight is 741 g/mol. The second-order valence-electron chi connectivity index (χ2n) is 12.9. The van der Waals surface area contributed by atoms with Gasteiger partial charge in [0.15, 0.2) is 18.2 Å². The van der Waals surface area contributed by atoms with Crippen LogP contribution in [0.25, 0.3) is 22.3 Å². The zero-order valence-corrected chi connectivity index (χ0v) is 27.5. The minimum Gasteiger partial charge on any atom is -0.508 e. The molecular weight excluding hydrogens is 700 g/mol. The molecule has 15 atom stereocenters. The van der Waals surface area contributed by atoms with Crippen LogP contribution in [0.5, 0.6) is 23.0 Å². The van der Waals surface area contributed by atoms with Gasteiger partial charge in [-0.3, -0.25) is 4.79 Å². The van der Waals surface area contributed by atoms with Crippen LogP contribution in [-0.4, -0.2) is 155 Å². The first kappa shape index (κ1) is 38.1. The Morgan fingerprint density at radius 3 is 1.88 bits per heavy atom. The Bertz CT molecular complexity index is 1770. The van der Waals surface area contributed by atoms with E-state index in [-0.39, 0.29) is 28.4 Å². The molecule has 0 radical (unpaired) electrons. The molecule has 52 heavy (non-hydrogen) atoms. The lowest BCUT2D eigenvalue weighted by Gasteiger charge is -2.45. The highest BCUT2D eigenvalue weighted by molar-refractivity contribution is 5.88. The quantitative estimate of drug-likeness (QED) is 0.110. The van der Waals surface area contributed by atoms with Gasteiger partial charge in [0.1, 0.15) is 83.2 Å². The van der Waals surface area contributed by atoms with E-state index in [1.165, 1.54) is 38.1 Å². The molecule has 0 bridgehead atoms. The van der Waals surface area contributed by atoms with Crippen molar-refractivity contribution in [3.8, 4) is 34.3 Å². The van der Waals surface area contributed by atoms with Crippen LogP contribution in [0.15, 0.2) is 45.6 Å². The molecule has 19 nitrogen and oxygen atoms in total. The third-order valence-electron chi connectivity index (χ3n) is 9.25. The molecule has 1 aromatic heterocycles. The zero-order valence-electron chi connectivity index (χ0n) is 27.5. The molecule has 0 aliphatic carbocycles. The summed E-state index contributed by atoms with van der Waals surface area (Å²) in [5, 5.41) is 114. The van der Waals surface area contributed by atoms with Crippen molar-refractivity contribution in [2.24, 2.45) is 0 Å². The van der Waals surface area contributed by atoms with E-state index in [9.17, 15) is 61.0 Å². The lowest BCUT2D eigenvalue weighted by molar-refractivity contribution is -0.354. The number of rotatable bonds is 8. The number of aliphatic hydroxyl groups excluding tert-OH is 9. The van der Waals surface area contributed by atoms with Crippen LogP contribution in [0.4, 0.5) is 0 Å². The van der Waals surface area contributed by atoms with Crippen molar-refractivity contribution in [2.75, 3.05) is 6.61 Å². The number of aromatic hydroxyl groups is 2. The smallest absolute Gasteiger partial charge is 0.239 e.